The smallest absolute Gasteiger partial charge is 0.0658 e. The summed E-state index contributed by atoms with van der Waals surface area (Å²) in [4.78, 5) is 0. The Bertz CT molecular complexity index is 211. The summed E-state index contributed by atoms with van der Waals surface area (Å²) >= 11 is 0. The molecule has 0 saturated heterocycles. The first-order valence-corrected chi connectivity index (χ1v) is 7.76. The van der Waals surface area contributed by atoms with Gasteiger partial charge in [0, 0.05) is 6.42 Å². The molecule has 1 N–H and O–H groups in total. The van der Waals surface area contributed by atoms with Gasteiger partial charge in [-0.15, -0.1) is 5.92 Å². The third-order valence-electron chi connectivity index (χ3n) is 3.30. The third kappa shape index (κ3) is 13.6. The molecular weight excluding hydrogens is 218 g/mol. The fraction of sp³-hybridized carbons (Fsp3) is 0.824. The van der Waals surface area contributed by atoms with Gasteiger partial charge in [-0.05, 0) is 20.4 Å². The number of unbranched alkanes of at least 4 members (excludes halogenated alkanes) is 10. The molecule has 1 nitrogen and oxygen atoms in total. The van der Waals surface area contributed by atoms with Crippen molar-refractivity contribution < 1.29 is 0 Å². The number of rotatable bonds is 11. The Kier molecular flexibility index (Phi) is 14.2. The van der Waals surface area contributed by atoms with Crippen LogP contribution < -0.4 is 5.32 Å². The standard InChI is InChI=1S/C17H32N/c1-4-5-6-7-8-9-10-11-12-13-14-15-16-17(2)18-3/h17-18H,1,4-14H2,2-3H3. The molecule has 0 rings (SSSR count). The summed E-state index contributed by atoms with van der Waals surface area (Å²) in [6.45, 7) is 5.97. The predicted octanol–water partition coefficient (Wildman–Crippen LogP) is 4.72. The Balaban J connectivity index is 3.09. The Morgan fingerprint density at radius 1 is 0.889 bits per heavy atom. The molecule has 0 amide bonds. The number of hydrogen-bond acceptors (Lipinski definition) is 1. The zero-order valence-corrected chi connectivity index (χ0v) is 12.6. The molecule has 1 radical (unpaired) electrons. The molecule has 18 heavy (non-hydrogen) atoms. The van der Waals surface area contributed by atoms with Crippen LogP contribution in [0.5, 0.6) is 0 Å². The van der Waals surface area contributed by atoms with Crippen molar-refractivity contribution in [2.24, 2.45) is 0 Å². The third-order valence-corrected chi connectivity index (χ3v) is 3.30. The molecule has 0 aromatic carbocycles. The lowest BCUT2D eigenvalue weighted by Gasteiger charge is -2.01. The molecule has 0 saturated carbocycles. The lowest BCUT2D eigenvalue weighted by atomic mass is 10.1. The van der Waals surface area contributed by atoms with Gasteiger partial charge in [-0.3, -0.25) is 0 Å². The maximum Gasteiger partial charge on any atom is 0.0658 e. The summed E-state index contributed by atoms with van der Waals surface area (Å²) in [7, 11) is 1.95. The van der Waals surface area contributed by atoms with Crippen molar-refractivity contribution in [3.8, 4) is 11.8 Å². The number of nitrogens with one attached hydrogen (secondary N) is 1. The highest BCUT2D eigenvalue weighted by Crippen LogP contribution is 2.10. The van der Waals surface area contributed by atoms with Gasteiger partial charge in [-0.25, -0.2) is 0 Å². The van der Waals surface area contributed by atoms with Crippen LogP contribution in [0, 0.1) is 18.8 Å². The number of hydrogen-bond donors (Lipinski definition) is 1. The van der Waals surface area contributed by atoms with Crippen LogP contribution in [0.2, 0.25) is 0 Å². The summed E-state index contributed by atoms with van der Waals surface area (Å²) in [6.07, 6.45) is 14.5. The van der Waals surface area contributed by atoms with Crippen molar-refractivity contribution in [3.05, 3.63) is 6.92 Å². The first-order chi connectivity index (χ1) is 8.81. The van der Waals surface area contributed by atoms with Gasteiger partial charge in [0.2, 0.25) is 0 Å². The van der Waals surface area contributed by atoms with Crippen LogP contribution in [-0.2, 0) is 0 Å². The Hall–Kier alpha value is -0.480. The summed E-state index contributed by atoms with van der Waals surface area (Å²) in [5.41, 5.74) is 0. The molecule has 0 aliphatic rings. The average Bonchev–Trinajstić information content (AvgIpc) is 2.39. The quantitative estimate of drug-likeness (QED) is 0.413. The van der Waals surface area contributed by atoms with Gasteiger partial charge in [0.1, 0.15) is 0 Å². The molecule has 105 valence electrons. The molecular formula is C17H32N. The Labute approximate surface area is 115 Å². The minimum absolute atomic E-state index is 0.336. The van der Waals surface area contributed by atoms with Crippen LogP contribution in [0.3, 0.4) is 0 Å². The molecule has 0 aliphatic carbocycles. The normalized spacial score (nSPS) is 11.9. The maximum absolute atomic E-state index is 3.87. The van der Waals surface area contributed by atoms with Gasteiger partial charge < -0.3 is 5.32 Å². The molecule has 0 aromatic heterocycles. The monoisotopic (exact) mass is 250 g/mol. The maximum atomic E-state index is 3.87. The average molecular weight is 250 g/mol. The second-order valence-electron chi connectivity index (χ2n) is 5.12. The lowest BCUT2D eigenvalue weighted by Crippen LogP contribution is -2.18. The van der Waals surface area contributed by atoms with E-state index < -0.39 is 0 Å². The fourth-order valence-corrected chi connectivity index (χ4v) is 1.93. The largest absolute Gasteiger partial charge is 0.307 e. The summed E-state index contributed by atoms with van der Waals surface area (Å²) < 4.78 is 0. The van der Waals surface area contributed by atoms with Gasteiger partial charge in [-0.2, -0.15) is 0 Å². The van der Waals surface area contributed by atoms with Crippen LogP contribution in [0.1, 0.15) is 77.6 Å². The zero-order valence-electron chi connectivity index (χ0n) is 12.6. The van der Waals surface area contributed by atoms with Crippen LogP contribution in [0.25, 0.3) is 0 Å². The van der Waals surface area contributed by atoms with Crippen molar-refractivity contribution in [2.45, 2.75) is 83.6 Å². The van der Waals surface area contributed by atoms with Crippen molar-refractivity contribution >= 4 is 0 Å². The first-order valence-electron chi connectivity index (χ1n) is 7.76. The van der Waals surface area contributed by atoms with E-state index in [0.29, 0.717) is 6.04 Å². The van der Waals surface area contributed by atoms with Crippen molar-refractivity contribution in [1.82, 2.24) is 5.32 Å². The van der Waals surface area contributed by atoms with Crippen LogP contribution in [0.4, 0.5) is 0 Å². The van der Waals surface area contributed by atoms with Crippen molar-refractivity contribution in [1.29, 1.82) is 0 Å². The predicted molar refractivity (Wildman–Crippen MR) is 82.4 cm³/mol. The lowest BCUT2D eigenvalue weighted by molar-refractivity contribution is 0.562. The second-order valence-corrected chi connectivity index (χ2v) is 5.12. The molecule has 0 aliphatic heterocycles. The Morgan fingerprint density at radius 2 is 1.39 bits per heavy atom. The highest BCUT2D eigenvalue weighted by atomic mass is 14.8. The van der Waals surface area contributed by atoms with Crippen molar-refractivity contribution in [3.63, 3.8) is 0 Å². The van der Waals surface area contributed by atoms with E-state index in [1.54, 1.807) is 0 Å². The molecule has 1 atom stereocenters. The van der Waals surface area contributed by atoms with Gasteiger partial charge in [0.15, 0.2) is 0 Å². The SMILES string of the molecule is [CH2]CCCCCCCCCCCC#CC(C)NC. The molecule has 1 heteroatoms. The minimum Gasteiger partial charge on any atom is -0.307 e. The van der Waals surface area contributed by atoms with Crippen LogP contribution >= 0.6 is 0 Å². The van der Waals surface area contributed by atoms with E-state index in [-0.39, 0.29) is 0 Å². The van der Waals surface area contributed by atoms with Gasteiger partial charge >= 0.3 is 0 Å². The van der Waals surface area contributed by atoms with Crippen LogP contribution in [0.15, 0.2) is 0 Å². The van der Waals surface area contributed by atoms with Crippen molar-refractivity contribution in [2.75, 3.05) is 7.05 Å². The topological polar surface area (TPSA) is 12.0 Å². The van der Waals surface area contributed by atoms with E-state index >= 15 is 0 Å². The van der Waals surface area contributed by atoms with E-state index in [2.05, 4.69) is 31.0 Å². The van der Waals surface area contributed by atoms with Gasteiger partial charge in [0.05, 0.1) is 6.04 Å². The summed E-state index contributed by atoms with van der Waals surface area (Å²) in [5, 5.41) is 3.13. The van der Waals surface area contributed by atoms with E-state index in [9.17, 15) is 0 Å². The van der Waals surface area contributed by atoms with Gasteiger partial charge in [0.25, 0.3) is 0 Å². The Morgan fingerprint density at radius 3 is 1.89 bits per heavy atom. The summed E-state index contributed by atoms with van der Waals surface area (Å²) in [5.74, 6) is 6.44. The molecule has 0 heterocycles. The summed E-state index contributed by atoms with van der Waals surface area (Å²) in [6, 6.07) is 0.336. The highest BCUT2D eigenvalue weighted by Gasteiger charge is 1.92. The molecule has 0 aromatic rings. The van der Waals surface area contributed by atoms with Crippen LogP contribution in [-0.4, -0.2) is 13.1 Å². The first kappa shape index (κ1) is 17.5. The van der Waals surface area contributed by atoms with E-state index in [1.165, 1.54) is 57.8 Å². The molecule has 0 bridgehead atoms. The van der Waals surface area contributed by atoms with E-state index in [1.807, 2.05) is 7.05 Å². The highest BCUT2D eigenvalue weighted by molar-refractivity contribution is 5.05. The van der Waals surface area contributed by atoms with Gasteiger partial charge in [-0.1, -0.05) is 70.6 Å². The fourth-order valence-electron chi connectivity index (χ4n) is 1.93. The second kappa shape index (κ2) is 14.6. The molecule has 0 fully saturated rings. The van der Waals surface area contributed by atoms with E-state index in [0.717, 1.165) is 12.8 Å². The minimum atomic E-state index is 0.336. The molecule has 1 unspecified atom stereocenters. The molecule has 0 spiro atoms. The van der Waals surface area contributed by atoms with E-state index in [4.69, 9.17) is 0 Å². The zero-order chi connectivity index (χ0) is 13.5.